The molecule has 1 aliphatic rings. The molecule has 3 aromatic heterocycles. The van der Waals surface area contributed by atoms with Gasteiger partial charge in [-0.05, 0) is 55.9 Å². The van der Waals surface area contributed by atoms with Crippen molar-refractivity contribution in [2.45, 2.75) is 39.2 Å². The Morgan fingerprint density at radius 2 is 2.16 bits per heavy atom. The summed E-state index contributed by atoms with van der Waals surface area (Å²) in [4.78, 5) is 30.3. The highest BCUT2D eigenvalue weighted by molar-refractivity contribution is 7.10. The quantitative estimate of drug-likeness (QED) is 0.677. The second kappa shape index (κ2) is 6.44. The van der Waals surface area contributed by atoms with Crippen molar-refractivity contribution in [2.75, 3.05) is 0 Å². The number of aryl methyl sites for hydroxylation is 2. The monoisotopic (exact) mass is 354 g/mol. The summed E-state index contributed by atoms with van der Waals surface area (Å²) in [5.74, 6) is -0.328. The first-order valence-electron chi connectivity index (χ1n) is 8.37. The van der Waals surface area contributed by atoms with Gasteiger partial charge in [0.05, 0.1) is 11.3 Å². The van der Waals surface area contributed by atoms with Gasteiger partial charge < -0.3 is 4.74 Å². The molecule has 3 aromatic rings. The number of esters is 1. The van der Waals surface area contributed by atoms with E-state index in [-0.39, 0.29) is 18.1 Å². The van der Waals surface area contributed by atoms with Crippen LogP contribution in [-0.2, 0) is 24.2 Å². The minimum absolute atomic E-state index is 0.00311. The molecule has 0 saturated heterocycles. The second-order valence-corrected chi connectivity index (χ2v) is 7.32. The summed E-state index contributed by atoms with van der Waals surface area (Å²) < 4.78 is 6.91. The predicted octanol–water partition coefficient (Wildman–Crippen LogP) is 3.30. The second-order valence-electron chi connectivity index (χ2n) is 6.35. The molecular formula is C19H18N2O3S. The van der Waals surface area contributed by atoms with E-state index in [1.807, 2.05) is 24.4 Å². The highest BCUT2D eigenvalue weighted by atomic mass is 32.1. The van der Waals surface area contributed by atoms with Gasteiger partial charge in [-0.1, -0.05) is 0 Å². The first kappa shape index (κ1) is 16.0. The molecule has 6 heteroatoms. The fraction of sp³-hybridized carbons (Fsp3) is 0.316. The Kier molecular flexibility index (Phi) is 4.13. The summed E-state index contributed by atoms with van der Waals surface area (Å²) in [6.07, 6.45) is 6.00. The lowest BCUT2D eigenvalue weighted by Gasteiger charge is -2.12. The minimum atomic E-state index is -0.328. The molecule has 3 heterocycles. The molecule has 0 fully saturated rings. The average molecular weight is 354 g/mol. The van der Waals surface area contributed by atoms with E-state index in [0.717, 1.165) is 30.4 Å². The van der Waals surface area contributed by atoms with Crippen molar-refractivity contribution in [3.05, 3.63) is 67.4 Å². The molecule has 0 unspecified atom stereocenters. The zero-order valence-corrected chi connectivity index (χ0v) is 14.8. The zero-order chi connectivity index (χ0) is 17.4. The maximum absolute atomic E-state index is 12.4. The van der Waals surface area contributed by atoms with Crippen LogP contribution in [0.2, 0.25) is 0 Å². The number of aromatic nitrogens is 2. The van der Waals surface area contributed by atoms with Gasteiger partial charge in [0.15, 0.2) is 0 Å². The Bertz CT molecular complexity index is 1020. The molecule has 0 saturated carbocycles. The minimum Gasteiger partial charge on any atom is -0.456 e. The van der Waals surface area contributed by atoms with Crippen LogP contribution in [0, 0.1) is 6.92 Å². The smallest absolute Gasteiger partial charge is 0.339 e. The summed E-state index contributed by atoms with van der Waals surface area (Å²) in [6, 6.07) is 5.11. The Labute approximate surface area is 148 Å². The number of thiophene rings is 1. The Balaban J connectivity index is 1.55. The molecular weight excluding hydrogens is 336 g/mol. The van der Waals surface area contributed by atoms with E-state index >= 15 is 0 Å². The SMILES string of the molecule is Cc1ccn2c(=O)cc(COC(=O)c3csc4c3CCCC4)nc2c1. The Morgan fingerprint density at radius 1 is 1.32 bits per heavy atom. The van der Waals surface area contributed by atoms with Crippen LogP contribution in [0.4, 0.5) is 0 Å². The number of nitrogens with zero attached hydrogens (tertiary/aromatic N) is 2. The van der Waals surface area contributed by atoms with Crippen molar-refractivity contribution >= 4 is 23.0 Å². The number of ether oxygens (including phenoxy) is 1. The topological polar surface area (TPSA) is 60.7 Å². The van der Waals surface area contributed by atoms with E-state index in [1.165, 1.54) is 21.8 Å². The van der Waals surface area contributed by atoms with Crippen LogP contribution in [-0.4, -0.2) is 15.4 Å². The maximum Gasteiger partial charge on any atom is 0.339 e. The highest BCUT2D eigenvalue weighted by Crippen LogP contribution is 2.30. The van der Waals surface area contributed by atoms with Gasteiger partial charge in [0.25, 0.3) is 5.56 Å². The Morgan fingerprint density at radius 3 is 3.04 bits per heavy atom. The van der Waals surface area contributed by atoms with Crippen LogP contribution in [0.1, 0.15) is 44.9 Å². The van der Waals surface area contributed by atoms with Crippen molar-refractivity contribution in [2.24, 2.45) is 0 Å². The van der Waals surface area contributed by atoms with Crippen LogP contribution < -0.4 is 5.56 Å². The molecule has 0 radical (unpaired) electrons. The molecule has 0 aliphatic heterocycles. The maximum atomic E-state index is 12.4. The van der Waals surface area contributed by atoms with Crippen molar-refractivity contribution in [1.29, 1.82) is 0 Å². The lowest BCUT2D eigenvalue weighted by atomic mass is 9.96. The first-order chi connectivity index (χ1) is 12.1. The molecule has 25 heavy (non-hydrogen) atoms. The number of rotatable bonds is 3. The summed E-state index contributed by atoms with van der Waals surface area (Å²) >= 11 is 1.64. The van der Waals surface area contributed by atoms with Crippen molar-refractivity contribution in [3.63, 3.8) is 0 Å². The van der Waals surface area contributed by atoms with E-state index in [9.17, 15) is 9.59 Å². The third-order valence-electron chi connectivity index (χ3n) is 4.51. The summed E-state index contributed by atoms with van der Waals surface area (Å²) in [6.45, 7) is 1.95. The molecule has 4 rings (SSSR count). The van der Waals surface area contributed by atoms with Crippen LogP contribution in [0.5, 0.6) is 0 Å². The molecule has 5 nitrogen and oxygen atoms in total. The number of hydrogen-bond acceptors (Lipinski definition) is 5. The normalized spacial score (nSPS) is 13.6. The van der Waals surface area contributed by atoms with Crippen LogP contribution in [0.15, 0.2) is 34.6 Å². The molecule has 0 aromatic carbocycles. The highest BCUT2D eigenvalue weighted by Gasteiger charge is 2.21. The lowest BCUT2D eigenvalue weighted by Crippen LogP contribution is -2.17. The number of hydrogen-bond donors (Lipinski definition) is 0. The molecule has 0 N–H and O–H groups in total. The molecule has 0 amide bonds. The molecule has 0 atom stereocenters. The van der Waals surface area contributed by atoms with Crippen LogP contribution in [0.25, 0.3) is 5.65 Å². The first-order valence-corrected chi connectivity index (χ1v) is 9.25. The van der Waals surface area contributed by atoms with E-state index in [2.05, 4.69) is 4.98 Å². The summed E-state index contributed by atoms with van der Waals surface area (Å²) in [5, 5.41) is 1.89. The van der Waals surface area contributed by atoms with Crippen molar-refractivity contribution in [1.82, 2.24) is 9.38 Å². The number of pyridine rings is 1. The van der Waals surface area contributed by atoms with Crippen molar-refractivity contribution in [3.8, 4) is 0 Å². The standard InChI is InChI=1S/C19H18N2O3S/c1-12-6-7-21-17(8-12)20-13(9-18(21)22)10-24-19(23)15-11-25-16-5-3-2-4-14(15)16/h6-9,11H,2-5,10H2,1H3. The zero-order valence-electron chi connectivity index (χ0n) is 13.9. The molecule has 1 aliphatic carbocycles. The van der Waals surface area contributed by atoms with Gasteiger partial charge in [-0.25, -0.2) is 9.78 Å². The van der Waals surface area contributed by atoms with Crippen LogP contribution >= 0.6 is 11.3 Å². The van der Waals surface area contributed by atoms with Crippen LogP contribution in [0.3, 0.4) is 0 Å². The predicted molar refractivity (Wildman–Crippen MR) is 96.3 cm³/mol. The lowest BCUT2D eigenvalue weighted by molar-refractivity contribution is 0.0467. The fourth-order valence-corrected chi connectivity index (χ4v) is 4.33. The van der Waals surface area contributed by atoms with Gasteiger partial charge in [-0.15, -0.1) is 11.3 Å². The molecule has 128 valence electrons. The number of fused-ring (bicyclic) bond motifs is 2. The van der Waals surface area contributed by atoms with Gasteiger partial charge in [0.1, 0.15) is 12.3 Å². The van der Waals surface area contributed by atoms with E-state index in [1.54, 1.807) is 17.5 Å². The molecule has 0 spiro atoms. The average Bonchev–Trinajstić information content (AvgIpc) is 3.03. The third-order valence-corrected chi connectivity index (χ3v) is 5.60. The van der Waals surface area contributed by atoms with E-state index in [0.29, 0.717) is 16.9 Å². The van der Waals surface area contributed by atoms with E-state index in [4.69, 9.17) is 4.74 Å². The van der Waals surface area contributed by atoms with Gasteiger partial charge in [0, 0.05) is 22.5 Å². The van der Waals surface area contributed by atoms with Gasteiger partial charge in [0.2, 0.25) is 0 Å². The number of carbonyl (C=O) groups is 1. The largest absolute Gasteiger partial charge is 0.456 e. The van der Waals surface area contributed by atoms with Gasteiger partial charge >= 0.3 is 5.97 Å². The summed E-state index contributed by atoms with van der Waals surface area (Å²) in [5.41, 5.74) is 3.69. The fourth-order valence-electron chi connectivity index (χ4n) is 3.21. The summed E-state index contributed by atoms with van der Waals surface area (Å²) in [7, 11) is 0. The van der Waals surface area contributed by atoms with Gasteiger partial charge in [-0.2, -0.15) is 0 Å². The van der Waals surface area contributed by atoms with E-state index < -0.39 is 0 Å². The number of carbonyl (C=O) groups excluding carboxylic acids is 1. The third kappa shape index (κ3) is 3.09. The van der Waals surface area contributed by atoms with Gasteiger partial charge in [-0.3, -0.25) is 9.20 Å². The Hall–Kier alpha value is -2.47. The van der Waals surface area contributed by atoms with Crippen molar-refractivity contribution < 1.29 is 9.53 Å². The molecule has 0 bridgehead atoms.